The molecule has 0 radical (unpaired) electrons. The Bertz CT molecular complexity index is 1210. The summed E-state index contributed by atoms with van der Waals surface area (Å²) in [5.41, 5.74) is -0.567. The lowest BCUT2D eigenvalue weighted by atomic mass is 9.65. The standard InChI is InChI=1S/C22H22F3N5O5/c1-9(2)15-16-21(18(31)26-20(33)27-19(21)32)7-12-6-11(17-29-28-10(3)34-17)4-5-13(12)30(16)8-14(35-15)22(23,24)25/h4-6,9,14-16H,7-8H2,1-3H3,(H2,26,27,31,32,33)/t14?,15?,16-/m1/s1. The number of anilines is 1. The van der Waals surface area contributed by atoms with Crippen molar-refractivity contribution in [2.45, 2.75) is 51.6 Å². The minimum absolute atomic E-state index is 0.168. The molecular formula is C22H22F3N5O5. The molecule has 2 N–H and O–H groups in total. The van der Waals surface area contributed by atoms with Crippen molar-refractivity contribution in [2.75, 3.05) is 11.4 Å². The van der Waals surface area contributed by atoms with E-state index in [4.69, 9.17) is 9.15 Å². The van der Waals surface area contributed by atoms with Crippen molar-refractivity contribution >= 4 is 23.5 Å². The maximum atomic E-state index is 13.9. The summed E-state index contributed by atoms with van der Waals surface area (Å²) >= 11 is 0. The number of carbonyl (C=O) groups excluding carboxylic acids is 3. The minimum Gasteiger partial charge on any atom is -0.421 e. The topological polar surface area (TPSA) is 127 Å². The molecule has 0 aliphatic carbocycles. The van der Waals surface area contributed by atoms with E-state index in [1.54, 1.807) is 39.0 Å². The molecule has 5 rings (SSSR count). The lowest BCUT2D eigenvalue weighted by Gasteiger charge is -2.57. The van der Waals surface area contributed by atoms with E-state index in [0.717, 1.165) is 0 Å². The van der Waals surface area contributed by atoms with Crippen LogP contribution in [0.4, 0.5) is 23.7 Å². The average Bonchev–Trinajstić information content (AvgIpc) is 3.21. The number of aromatic nitrogens is 2. The minimum atomic E-state index is -4.67. The molecule has 2 fully saturated rings. The number of carbonyl (C=O) groups is 3. The number of hydrogen-bond acceptors (Lipinski definition) is 8. The van der Waals surface area contributed by atoms with E-state index in [-0.39, 0.29) is 12.3 Å². The molecule has 2 aromatic rings. The molecule has 4 heterocycles. The SMILES string of the molecule is Cc1nnc(-c2ccc3c(c2)CC2(C(=O)NC(=O)NC2=O)[C@H]2C(C(C)C)OC(C(F)(F)F)CN32)o1. The van der Waals surface area contributed by atoms with Crippen LogP contribution in [0, 0.1) is 18.3 Å². The third-order valence-corrected chi connectivity index (χ3v) is 6.75. The van der Waals surface area contributed by atoms with Gasteiger partial charge in [-0.2, -0.15) is 13.2 Å². The number of urea groups is 1. The third kappa shape index (κ3) is 3.56. The highest BCUT2D eigenvalue weighted by Gasteiger charge is 2.65. The van der Waals surface area contributed by atoms with Crippen molar-refractivity contribution in [3.8, 4) is 11.5 Å². The maximum Gasteiger partial charge on any atom is 0.416 e. The smallest absolute Gasteiger partial charge is 0.416 e. The van der Waals surface area contributed by atoms with E-state index in [9.17, 15) is 27.6 Å². The van der Waals surface area contributed by atoms with Crippen molar-refractivity contribution in [1.82, 2.24) is 20.8 Å². The number of amides is 4. The van der Waals surface area contributed by atoms with Crippen molar-refractivity contribution in [3.05, 3.63) is 29.7 Å². The number of aryl methyl sites for hydroxylation is 1. The second-order valence-corrected chi connectivity index (χ2v) is 9.33. The Morgan fingerprint density at radius 2 is 1.83 bits per heavy atom. The van der Waals surface area contributed by atoms with Crippen LogP contribution in [-0.2, 0) is 20.7 Å². The number of nitrogens with one attached hydrogen (secondary N) is 2. The summed E-state index contributed by atoms with van der Waals surface area (Å²) in [5.74, 6) is -1.74. The second kappa shape index (κ2) is 7.77. The fourth-order valence-electron chi connectivity index (χ4n) is 5.23. The van der Waals surface area contributed by atoms with Gasteiger partial charge in [0, 0.05) is 18.2 Å². The first-order valence-electron chi connectivity index (χ1n) is 11.0. The number of barbiturate groups is 1. The quantitative estimate of drug-likeness (QED) is 0.610. The number of rotatable bonds is 2. The number of morpholine rings is 1. The van der Waals surface area contributed by atoms with Crippen LogP contribution < -0.4 is 15.5 Å². The van der Waals surface area contributed by atoms with Gasteiger partial charge in [0.25, 0.3) is 0 Å². The van der Waals surface area contributed by atoms with Crippen LogP contribution in [0.2, 0.25) is 0 Å². The predicted molar refractivity (Wildman–Crippen MR) is 113 cm³/mol. The summed E-state index contributed by atoms with van der Waals surface area (Å²) < 4.78 is 52.5. The van der Waals surface area contributed by atoms with Gasteiger partial charge in [0.1, 0.15) is 0 Å². The molecule has 3 atom stereocenters. The zero-order valence-corrected chi connectivity index (χ0v) is 19.0. The molecule has 2 saturated heterocycles. The Morgan fingerprint density at radius 3 is 2.40 bits per heavy atom. The molecule has 1 spiro atoms. The fraction of sp³-hybridized carbons (Fsp3) is 0.500. The number of halogens is 3. The van der Waals surface area contributed by atoms with Crippen LogP contribution in [0.5, 0.6) is 0 Å². The molecule has 0 saturated carbocycles. The number of benzene rings is 1. The van der Waals surface area contributed by atoms with Gasteiger partial charge < -0.3 is 14.1 Å². The number of imide groups is 2. The van der Waals surface area contributed by atoms with Crippen LogP contribution >= 0.6 is 0 Å². The highest BCUT2D eigenvalue weighted by molar-refractivity contribution is 6.20. The molecule has 10 nitrogen and oxygen atoms in total. The molecule has 1 aromatic carbocycles. The zero-order valence-electron chi connectivity index (χ0n) is 19.0. The number of alkyl halides is 3. The number of hydrogen-bond donors (Lipinski definition) is 2. The highest BCUT2D eigenvalue weighted by atomic mass is 19.4. The average molecular weight is 493 g/mol. The van der Waals surface area contributed by atoms with Crippen LogP contribution in [-0.4, -0.2) is 59.0 Å². The molecule has 4 amide bonds. The van der Waals surface area contributed by atoms with Gasteiger partial charge in [-0.25, -0.2) is 4.79 Å². The van der Waals surface area contributed by atoms with E-state index in [1.807, 2.05) is 0 Å². The predicted octanol–water partition coefficient (Wildman–Crippen LogP) is 2.11. The molecular weight excluding hydrogens is 471 g/mol. The monoisotopic (exact) mass is 493 g/mol. The van der Waals surface area contributed by atoms with Gasteiger partial charge in [-0.15, -0.1) is 10.2 Å². The highest BCUT2D eigenvalue weighted by Crippen LogP contribution is 2.49. The van der Waals surface area contributed by atoms with Gasteiger partial charge in [-0.1, -0.05) is 13.8 Å². The molecule has 1 aromatic heterocycles. The molecule has 0 bridgehead atoms. The Balaban J connectivity index is 1.70. The Labute approximate surface area is 197 Å². The summed E-state index contributed by atoms with van der Waals surface area (Å²) in [6, 6.07) is 2.79. The van der Waals surface area contributed by atoms with E-state index < -0.39 is 60.1 Å². The van der Waals surface area contributed by atoms with Crippen LogP contribution in [0.15, 0.2) is 22.6 Å². The summed E-state index contributed by atoms with van der Waals surface area (Å²) in [5, 5.41) is 12.0. The first kappa shape index (κ1) is 23.3. The van der Waals surface area contributed by atoms with Crippen molar-refractivity contribution < 1.29 is 36.7 Å². The van der Waals surface area contributed by atoms with Crippen LogP contribution in [0.25, 0.3) is 11.5 Å². The number of nitrogens with zero attached hydrogens (tertiary/aromatic N) is 3. The van der Waals surface area contributed by atoms with E-state index >= 15 is 0 Å². The summed E-state index contributed by atoms with van der Waals surface area (Å²) in [7, 11) is 0. The molecule has 186 valence electrons. The lowest BCUT2D eigenvalue weighted by Crippen LogP contribution is -2.76. The van der Waals surface area contributed by atoms with Gasteiger partial charge in [0.2, 0.25) is 23.6 Å². The normalized spacial score (nSPS) is 25.9. The van der Waals surface area contributed by atoms with Crippen molar-refractivity contribution in [2.24, 2.45) is 11.3 Å². The molecule has 3 aliphatic heterocycles. The van der Waals surface area contributed by atoms with Gasteiger partial charge >= 0.3 is 12.2 Å². The summed E-state index contributed by atoms with van der Waals surface area (Å²) in [4.78, 5) is 39.9. The van der Waals surface area contributed by atoms with Gasteiger partial charge in [0.05, 0.1) is 18.7 Å². The van der Waals surface area contributed by atoms with Gasteiger partial charge in [-0.3, -0.25) is 20.2 Å². The van der Waals surface area contributed by atoms with E-state index in [1.165, 1.54) is 4.90 Å². The maximum absolute atomic E-state index is 13.9. The zero-order chi connectivity index (χ0) is 25.3. The van der Waals surface area contributed by atoms with Gasteiger partial charge in [0.15, 0.2) is 11.5 Å². The Morgan fingerprint density at radius 1 is 1.14 bits per heavy atom. The number of ether oxygens (including phenoxy) is 1. The van der Waals surface area contributed by atoms with E-state index in [2.05, 4.69) is 20.8 Å². The molecule has 2 unspecified atom stereocenters. The Kier molecular flexibility index (Phi) is 5.16. The first-order valence-corrected chi connectivity index (χ1v) is 11.0. The lowest BCUT2D eigenvalue weighted by molar-refractivity contribution is -0.250. The van der Waals surface area contributed by atoms with Crippen LogP contribution in [0.1, 0.15) is 25.3 Å². The van der Waals surface area contributed by atoms with E-state index in [0.29, 0.717) is 22.7 Å². The number of fused-ring (bicyclic) bond motifs is 4. The molecule has 3 aliphatic rings. The van der Waals surface area contributed by atoms with Crippen molar-refractivity contribution in [3.63, 3.8) is 0 Å². The third-order valence-electron chi connectivity index (χ3n) is 6.75. The van der Waals surface area contributed by atoms with Crippen LogP contribution in [0.3, 0.4) is 0 Å². The first-order chi connectivity index (χ1) is 16.4. The molecule has 13 heteroatoms. The largest absolute Gasteiger partial charge is 0.421 e. The van der Waals surface area contributed by atoms with Gasteiger partial charge in [-0.05, 0) is 36.1 Å². The fourth-order valence-corrected chi connectivity index (χ4v) is 5.23. The second-order valence-electron chi connectivity index (χ2n) is 9.33. The summed E-state index contributed by atoms with van der Waals surface area (Å²) in [6.07, 6.45) is -8.11. The summed E-state index contributed by atoms with van der Waals surface area (Å²) in [6.45, 7) is 4.31. The Hall–Kier alpha value is -3.48. The van der Waals surface area contributed by atoms with Crippen molar-refractivity contribution in [1.29, 1.82) is 0 Å². The molecule has 35 heavy (non-hydrogen) atoms.